The van der Waals surface area contributed by atoms with Gasteiger partial charge >= 0.3 is 0 Å². The van der Waals surface area contributed by atoms with Crippen molar-refractivity contribution in [3.63, 3.8) is 0 Å². The molecular weight excluding hydrogens is 1550 g/mol. The van der Waals surface area contributed by atoms with E-state index in [9.17, 15) is 39.6 Å². The number of piperidine rings is 2. The minimum atomic E-state index is -0.235. The summed E-state index contributed by atoms with van der Waals surface area (Å²) in [4.78, 5) is 73.6. The molecule has 0 spiro atoms. The molecule has 0 aliphatic carbocycles. The van der Waals surface area contributed by atoms with E-state index in [2.05, 4.69) is 72.3 Å². The number of aliphatic hydroxyl groups is 3. The zero-order valence-corrected chi connectivity index (χ0v) is 68.2. The van der Waals surface area contributed by atoms with Crippen LogP contribution in [0.25, 0.3) is 44.5 Å². The molecule has 26 nitrogen and oxygen atoms in total. The van der Waals surface area contributed by atoms with E-state index in [1.54, 1.807) is 49.1 Å². The molecule has 0 radical (unpaired) electrons. The van der Waals surface area contributed by atoms with E-state index in [4.69, 9.17) is 17.2 Å². The molecule has 3 aliphatic heterocycles. The van der Waals surface area contributed by atoms with Gasteiger partial charge in [0.1, 0.15) is 29.0 Å². The molecule has 3 aliphatic rings. The number of amides is 4. The topological polar surface area (TPSA) is 385 Å². The van der Waals surface area contributed by atoms with E-state index >= 15 is 0 Å². The van der Waals surface area contributed by atoms with Gasteiger partial charge in [0.25, 0.3) is 5.91 Å². The van der Waals surface area contributed by atoms with Crippen molar-refractivity contribution >= 4 is 121 Å². The van der Waals surface area contributed by atoms with Crippen molar-refractivity contribution in [1.29, 1.82) is 0 Å². The van der Waals surface area contributed by atoms with Gasteiger partial charge in [-0.2, -0.15) is 0 Å². The minimum Gasteiger partial charge on any atom is -0.508 e. The number of carbonyl (C=O) groups is 4. The summed E-state index contributed by atoms with van der Waals surface area (Å²) >= 11 is 1.41. The number of benzene rings is 8. The number of aliphatic hydroxyl groups excluding tert-OH is 3. The van der Waals surface area contributed by atoms with E-state index in [-0.39, 0.29) is 54.7 Å². The Morgan fingerprint density at radius 1 is 0.369 bits per heavy atom. The molecule has 4 amide bonds. The summed E-state index contributed by atoms with van der Waals surface area (Å²) < 4.78 is 0. The highest BCUT2D eigenvalue weighted by Gasteiger charge is 2.26. The number of pyridine rings is 4. The van der Waals surface area contributed by atoms with Gasteiger partial charge in [0.2, 0.25) is 17.7 Å². The Hall–Kier alpha value is -13.9. The summed E-state index contributed by atoms with van der Waals surface area (Å²) in [6.07, 6.45) is 12.1. The number of hydrogen-bond acceptors (Lipinski definition) is 23. The number of hydrogen-bond donors (Lipinski definition) is 15. The molecule has 18 N–H and O–H groups in total. The Morgan fingerprint density at radius 2 is 0.730 bits per heavy atom. The Balaban J connectivity index is 0.000000140. The molecule has 122 heavy (non-hydrogen) atoms. The third-order valence-corrected chi connectivity index (χ3v) is 21.5. The van der Waals surface area contributed by atoms with E-state index in [0.717, 1.165) is 179 Å². The fourth-order valence-electron chi connectivity index (χ4n) is 14.2. The monoisotopic (exact) mass is 1650 g/mol. The number of nitrogen functional groups attached to an aromatic ring is 3. The van der Waals surface area contributed by atoms with E-state index in [1.165, 1.54) is 11.3 Å². The second-order valence-corrected chi connectivity index (χ2v) is 30.8. The quantitative estimate of drug-likeness (QED) is 0.0236. The van der Waals surface area contributed by atoms with Gasteiger partial charge in [0, 0.05) is 119 Å². The second-order valence-electron chi connectivity index (χ2n) is 29.9. The number of nitrogens with zero attached hydrogens (tertiary/aromatic N) is 7. The van der Waals surface area contributed by atoms with Crippen molar-refractivity contribution < 1.29 is 39.6 Å². The van der Waals surface area contributed by atoms with Gasteiger partial charge in [-0.3, -0.25) is 33.9 Å². The second kappa shape index (κ2) is 43.2. The van der Waals surface area contributed by atoms with Crippen LogP contribution in [0.2, 0.25) is 0 Å². The number of aromatic nitrogens is 4. The summed E-state index contributed by atoms with van der Waals surface area (Å²) in [7, 11) is 0. The highest BCUT2D eigenvalue weighted by molar-refractivity contribution is 7.12. The lowest BCUT2D eigenvalue weighted by atomic mass is 9.98. The van der Waals surface area contributed by atoms with Gasteiger partial charge in [-0.05, 0) is 284 Å². The summed E-state index contributed by atoms with van der Waals surface area (Å²) in [5.74, 6) is 3.21. The SMILES string of the molecule is Nc1cccc(Nc2cc(-c3ccc(NC(=O)CN4CCC(CO)CC4)cc3)ccn2)c1.Nc1cccc(Nc2cc(-c3ccc(NC(=O)CN4CCC(O)CC4)cc3)ccn2)c1.Nc1cccc(Nc2cc(-c3ccc(NC(=O)CN4CCCC4CO)cc3)ccn2)c1.O=C(Nc1ccc(-c2ccnc(Nc3cccc(O)c3)c2)cc1)c1cccs1. The molecule has 0 bridgehead atoms. The van der Waals surface area contributed by atoms with E-state index in [1.807, 2.05) is 241 Å². The highest BCUT2D eigenvalue weighted by Crippen LogP contribution is 2.32. The van der Waals surface area contributed by atoms with Crippen LogP contribution in [-0.4, -0.2) is 156 Å². The number of phenolic OH excluding ortho intramolecular Hbond substituents is 1. The summed E-state index contributed by atoms with van der Waals surface area (Å²) in [6.45, 7) is 5.42. The first-order chi connectivity index (χ1) is 59.4. The average Bonchev–Trinajstić information content (AvgIpc) is 1.02. The lowest BCUT2D eigenvalue weighted by Gasteiger charge is -2.30. The van der Waals surface area contributed by atoms with Crippen molar-refractivity contribution in [3.8, 4) is 50.3 Å². The van der Waals surface area contributed by atoms with Crippen molar-refractivity contribution in [2.24, 2.45) is 5.92 Å². The number of likely N-dealkylation sites (tertiary alicyclic amines) is 3. The van der Waals surface area contributed by atoms with Gasteiger partial charge < -0.3 is 80.2 Å². The number of nitrogens with one attached hydrogen (secondary N) is 8. The fraction of sp³-hybridized carbons (Fsp3) is 0.200. The van der Waals surface area contributed by atoms with Crippen LogP contribution in [0, 0.1) is 5.92 Å². The molecule has 8 aromatic carbocycles. The Morgan fingerprint density at radius 3 is 1.08 bits per heavy atom. The Kier molecular flexibility index (Phi) is 30.4. The molecule has 16 rings (SSSR count). The lowest BCUT2D eigenvalue weighted by Crippen LogP contribution is -2.40. The molecular formula is C95H100N18O8S. The first-order valence-electron chi connectivity index (χ1n) is 40.4. The van der Waals surface area contributed by atoms with Gasteiger partial charge in [-0.25, -0.2) is 19.9 Å². The predicted molar refractivity (Wildman–Crippen MR) is 490 cm³/mol. The summed E-state index contributed by atoms with van der Waals surface area (Å²) in [5.41, 5.74) is 34.2. The fourth-order valence-corrected chi connectivity index (χ4v) is 14.8. The molecule has 3 saturated heterocycles. The third kappa shape index (κ3) is 26.3. The van der Waals surface area contributed by atoms with Crippen molar-refractivity contribution in [3.05, 3.63) is 290 Å². The van der Waals surface area contributed by atoms with Gasteiger partial charge in [-0.1, -0.05) is 78.9 Å². The number of anilines is 15. The van der Waals surface area contributed by atoms with Crippen molar-refractivity contribution in [1.82, 2.24) is 34.6 Å². The molecule has 13 aromatic rings. The zero-order valence-electron chi connectivity index (χ0n) is 67.4. The van der Waals surface area contributed by atoms with Crippen LogP contribution in [0.1, 0.15) is 48.2 Å². The summed E-state index contributed by atoms with van der Waals surface area (Å²) in [6, 6.07) is 79.8. The standard InChI is InChI=1S/C25H29N5O2.2C24H27N5O2.C22H17N3O2S/c26-21-2-1-3-23(15-21)28-24-14-20(8-11-27-24)19-4-6-22(7-5-19)29-25(32)16-30-12-9-18(17-31)10-13-30;25-19-3-1-4-21(14-19)27-23-13-18(10-11-26-23)17-6-8-20(9-7-17)28-24(31)15-29-12-2-5-22(29)16-30;25-19-2-1-3-21(15-19)27-23-14-18(8-11-26-23)17-4-6-20(7-5-17)28-24(31)16-29-12-9-22(30)10-13-29;26-19-4-1-3-18(14-19)24-21-13-16(10-11-23-21)15-6-8-17(9-7-15)25-22(27)20-5-2-12-28-20/h1-8,11,14-15,18,31H,9-10,12-13,16-17,26H2,(H,27,28)(H,29,32);1,3-4,6-11,13-14,22,30H,2,5,12,15-16,25H2,(H,26,27)(H,28,31);1-8,11,14-15,22,30H,9-10,12-13,16,25H2,(H,26,27)(H,28,31);1-14,26H,(H,23,24)(H,25,27). The molecule has 1 atom stereocenters. The number of nitrogens with two attached hydrogens (primary N) is 3. The zero-order chi connectivity index (χ0) is 84.9. The number of carbonyl (C=O) groups excluding carboxylic acids is 4. The first kappa shape index (κ1) is 86.0. The van der Waals surface area contributed by atoms with E-state index < -0.39 is 0 Å². The molecule has 624 valence electrons. The molecule has 3 fully saturated rings. The molecule has 0 saturated carbocycles. The third-order valence-electron chi connectivity index (χ3n) is 20.7. The van der Waals surface area contributed by atoms with Gasteiger partial charge in [0.05, 0.1) is 37.2 Å². The van der Waals surface area contributed by atoms with E-state index in [0.29, 0.717) is 53.3 Å². The van der Waals surface area contributed by atoms with Crippen LogP contribution < -0.4 is 59.7 Å². The van der Waals surface area contributed by atoms with Gasteiger partial charge in [-0.15, -0.1) is 11.3 Å². The number of rotatable bonds is 25. The van der Waals surface area contributed by atoms with Crippen LogP contribution >= 0.6 is 11.3 Å². The number of aromatic hydroxyl groups is 1. The Bertz CT molecular complexity index is 5580. The normalized spacial score (nSPS) is 14.2. The maximum Gasteiger partial charge on any atom is 0.265 e. The van der Waals surface area contributed by atoms with Crippen molar-refractivity contribution in [2.75, 3.05) is 125 Å². The minimum absolute atomic E-state index is 0.0160. The highest BCUT2D eigenvalue weighted by atomic mass is 32.1. The Labute approximate surface area is 713 Å². The number of thiophene rings is 1. The van der Waals surface area contributed by atoms with Gasteiger partial charge in [0.15, 0.2) is 0 Å². The molecule has 5 aromatic heterocycles. The average molecular weight is 1650 g/mol. The predicted octanol–water partition coefficient (Wildman–Crippen LogP) is 16.2. The smallest absolute Gasteiger partial charge is 0.265 e. The van der Waals surface area contributed by atoms with Crippen LogP contribution in [0.3, 0.4) is 0 Å². The lowest BCUT2D eigenvalue weighted by molar-refractivity contribution is -0.118. The molecule has 27 heteroatoms. The summed E-state index contributed by atoms with van der Waals surface area (Å²) in [5, 5.41) is 64.4. The maximum atomic E-state index is 12.4. The maximum absolute atomic E-state index is 12.4. The molecule has 8 heterocycles. The van der Waals surface area contributed by atoms with Crippen LogP contribution in [0.15, 0.2) is 285 Å². The number of phenols is 1. The molecule has 1 unspecified atom stereocenters. The van der Waals surface area contributed by atoms with Crippen LogP contribution in [-0.2, 0) is 14.4 Å². The largest absolute Gasteiger partial charge is 0.508 e. The van der Waals surface area contributed by atoms with Crippen LogP contribution in [0.5, 0.6) is 5.75 Å². The first-order valence-corrected chi connectivity index (χ1v) is 41.3. The van der Waals surface area contributed by atoms with Crippen molar-refractivity contribution in [2.45, 2.75) is 50.7 Å². The van der Waals surface area contributed by atoms with Crippen LogP contribution in [0.4, 0.5) is 85.8 Å².